The Labute approximate surface area is 168 Å². The number of carbonyl (C=O) groups is 3. The lowest BCUT2D eigenvalue weighted by atomic mass is 9.99. The number of anilines is 1. The van der Waals surface area contributed by atoms with Crippen molar-refractivity contribution in [3.8, 4) is 11.1 Å². The molecule has 0 fully saturated rings. The molecule has 1 amide bonds. The van der Waals surface area contributed by atoms with Crippen LogP contribution in [0.15, 0.2) is 60.9 Å². The maximum Gasteiger partial charge on any atom is 0.303 e. The predicted molar refractivity (Wildman–Crippen MR) is 109 cm³/mol. The van der Waals surface area contributed by atoms with Crippen molar-refractivity contribution in [3.63, 3.8) is 0 Å². The van der Waals surface area contributed by atoms with Crippen LogP contribution >= 0.6 is 0 Å². The van der Waals surface area contributed by atoms with Gasteiger partial charge in [-0.15, -0.1) is 0 Å². The lowest BCUT2D eigenvalue weighted by Crippen LogP contribution is -2.19. The smallest absolute Gasteiger partial charge is 0.303 e. The first-order chi connectivity index (χ1) is 13.9. The number of aromatic nitrogens is 2. The van der Waals surface area contributed by atoms with E-state index in [2.05, 4.69) is 10.4 Å². The molecule has 0 unspecified atom stereocenters. The van der Waals surface area contributed by atoms with Crippen LogP contribution in [0.3, 0.4) is 0 Å². The Hall–Kier alpha value is -3.74. The Morgan fingerprint density at radius 1 is 1.03 bits per heavy atom. The minimum absolute atomic E-state index is 0.0335. The number of ketones is 1. The highest BCUT2D eigenvalue weighted by Crippen LogP contribution is 2.28. The van der Waals surface area contributed by atoms with Crippen LogP contribution in [0.25, 0.3) is 11.1 Å². The zero-order chi connectivity index (χ0) is 20.8. The second-order valence-electron chi connectivity index (χ2n) is 6.70. The van der Waals surface area contributed by atoms with Crippen molar-refractivity contribution in [1.29, 1.82) is 0 Å². The summed E-state index contributed by atoms with van der Waals surface area (Å²) in [5.41, 5.74) is 3.76. The number of benzene rings is 2. The van der Waals surface area contributed by atoms with E-state index in [1.54, 1.807) is 41.3 Å². The van der Waals surface area contributed by atoms with Gasteiger partial charge in [0, 0.05) is 29.4 Å². The summed E-state index contributed by atoms with van der Waals surface area (Å²) in [4.78, 5) is 35.1. The maximum atomic E-state index is 12.4. The van der Waals surface area contributed by atoms with Gasteiger partial charge in [-0.25, -0.2) is 0 Å². The number of carboxylic acids is 1. The third kappa shape index (κ3) is 5.38. The molecule has 2 N–H and O–H groups in total. The normalized spacial score (nSPS) is 10.5. The summed E-state index contributed by atoms with van der Waals surface area (Å²) >= 11 is 0. The van der Waals surface area contributed by atoms with Crippen LogP contribution in [0.2, 0.25) is 0 Å². The number of amides is 1. The molecule has 7 nitrogen and oxygen atoms in total. The van der Waals surface area contributed by atoms with Crippen LogP contribution < -0.4 is 5.32 Å². The fourth-order valence-corrected chi connectivity index (χ4v) is 2.93. The minimum atomic E-state index is -0.995. The molecular weight excluding hydrogens is 370 g/mol. The SMILES string of the molecule is Cc1cnn(CC(=O)Nc2ccccc2-c2ccc(C(=O)CCC(=O)O)cc2)c1. The molecule has 3 rings (SSSR count). The maximum absolute atomic E-state index is 12.4. The Morgan fingerprint density at radius 2 is 1.76 bits per heavy atom. The van der Waals surface area contributed by atoms with E-state index < -0.39 is 5.97 Å². The van der Waals surface area contributed by atoms with Gasteiger partial charge in [0.2, 0.25) is 5.91 Å². The Bertz CT molecular complexity index is 1040. The van der Waals surface area contributed by atoms with Crippen LogP contribution in [0.5, 0.6) is 0 Å². The molecule has 7 heteroatoms. The highest BCUT2D eigenvalue weighted by atomic mass is 16.4. The highest BCUT2D eigenvalue weighted by molar-refractivity contribution is 5.98. The predicted octanol–water partition coefficient (Wildman–Crippen LogP) is 3.54. The molecule has 1 heterocycles. The van der Waals surface area contributed by atoms with E-state index in [1.807, 2.05) is 31.2 Å². The van der Waals surface area contributed by atoms with Gasteiger partial charge in [-0.3, -0.25) is 19.1 Å². The molecule has 0 saturated heterocycles. The van der Waals surface area contributed by atoms with Crippen molar-refractivity contribution < 1.29 is 19.5 Å². The molecule has 1 aromatic heterocycles. The standard InChI is InChI=1S/C22H21N3O4/c1-15-12-23-25(13-15)14-21(27)24-19-5-3-2-4-18(19)16-6-8-17(9-7-16)20(26)10-11-22(28)29/h2-9,12-13H,10-11,14H2,1H3,(H,24,27)(H,28,29). The fraction of sp³-hybridized carbons (Fsp3) is 0.182. The van der Waals surface area contributed by atoms with E-state index in [-0.39, 0.29) is 31.1 Å². The zero-order valence-electron chi connectivity index (χ0n) is 16.0. The molecule has 0 spiro atoms. The summed E-state index contributed by atoms with van der Waals surface area (Å²) in [6.07, 6.45) is 3.27. The molecule has 0 aliphatic rings. The number of nitrogens with zero attached hydrogens (tertiary/aromatic N) is 2. The molecule has 0 bridgehead atoms. The summed E-state index contributed by atoms with van der Waals surface area (Å²) in [5, 5.41) is 15.7. The van der Waals surface area contributed by atoms with E-state index in [0.29, 0.717) is 11.3 Å². The van der Waals surface area contributed by atoms with Crippen LogP contribution in [-0.4, -0.2) is 32.5 Å². The number of nitrogens with one attached hydrogen (secondary N) is 1. The quantitative estimate of drug-likeness (QED) is 0.572. The molecule has 0 aliphatic heterocycles. The van der Waals surface area contributed by atoms with Crippen molar-refractivity contribution in [3.05, 3.63) is 72.1 Å². The number of aliphatic carboxylic acids is 1. The molecule has 148 valence electrons. The van der Waals surface area contributed by atoms with Gasteiger partial charge in [0.1, 0.15) is 6.54 Å². The highest BCUT2D eigenvalue weighted by Gasteiger charge is 2.12. The number of para-hydroxylation sites is 1. The molecular formula is C22H21N3O4. The number of hydrogen-bond donors (Lipinski definition) is 2. The molecule has 0 atom stereocenters. The van der Waals surface area contributed by atoms with Crippen LogP contribution in [0.4, 0.5) is 5.69 Å². The second-order valence-corrected chi connectivity index (χ2v) is 6.70. The summed E-state index contributed by atoms with van der Waals surface area (Å²) in [6.45, 7) is 2.02. The van der Waals surface area contributed by atoms with Crippen LogP contribution in [0, 0.1) is 6.92 Å². The summed E-state index contributed by atoms with van der Waals surface area (Å²) in [5.74, 6) is -1.40. The van der Waals surface area contributed by atoms with E-state index in [0.717, 1.165) is 16.7 Å². The first-order valence-electron chi connectivity index (χ1n) is 9.16. The van der Waals surface area contributed by atoms with Gasteiger partial charge < -0.3 is 10.4 Å². The molecule has 3 aromatic rings. The molecule has 0 radical (unpaired) electrons. The first kappa shape index (κ1) is 20.0. The van der Waals surface area contributed by atoms with Crippen molar-refractivity contribution in [2.24, 2.45) is 0 Å². The van der Waals surface area contributed by atoms with Crippen molar-refractivity contribution >= 4 is 23.3 Å². The number of hydrogen-bond acceptors (Lipinski definition) is 4. The van der Waals surface area contributed by atoms with Crippen molar-refractivity contribution in [2.45, 2.75) is 26.3 Å². The van der Waals surface area contributed by atoms with E-state index in [4.69, 9.17) is 5.11 Å². The second kappa shape index (κ2) is 8.97. The number of carbonyl (C=O) groups excluding carboxylic acids is 2. The summed E-state index contributed by atoms with van der Waals surface area (Å²) < 4.78 is 1.57. The van der Waals surface area contributed by atoms with Gasteiger partial charge in [0.15, 0.2) is 5.78 Å². The zero-order valence-corrected chi connectivity index (χ0v) is 16.0. The van der Waals surface area contributed by atoms with Gasteiger partial charge in [0.05, 0.1) is 12.6 Å². The molecule has 29 heavy (non-hydrogen) atoms. The monoisotopic (exact) mass is 391 g/mol. The van der Waals surface area contributed by atoms with Crippen molar-refractivity contribution in [1.82, 2.24) is 9.78 Å². The van der Waals surface area contributed by atoms with E-state index >= 15 is 0 Å². The summed E-state index contributed by atoms with van der Waals surface area (Å²) in [7, 11) is 0. The number of carboxylic acid groups (broad SMARTS) is 1. The molecule has 0 aliphatic carbocycles. The van der Waals surface area contributed by atoms with Gasteiger partial charge in [0.25, 0.3) is 0 Å². The lowest BCUT2D eigenvalue weighted by molar-refractivity contribution is -0.137. The first-order valence-corrected chi connectivity index (χ1v) is 9.16. The third-order valence-corrected chi connectivity index (χ3v) is 4.35. The van der Waals surface area contributed by atoms with Crippen LogP contribution in [-0.2, 0) is 16.1 Å². The Kier molecular flexibility index (Phi) is 6.19. The molecule has 2 aromatic carbocycles. The number of aryl methyl sites for hydroxylation is 1. The average molecular weight is 391 g/mol. The Morgan fingerprint density at radius 3 is 2.41 bits per heavy atom. The minimum Gasteiger partial charge on any atom is -0.481 e. The van der Waals surface area contributed by atoms with Gasteiger partial charge >= 0.3 is 5.97 Å². The van der Waals surface area contributed by atoms with Crippen LogP contribution in [0.1, 0.15) is 28.8 Å². The number of rotatable bonds is 8. The van der Waals surface area contributed by atoms with Gasteiger partial charge in [-0.05, 0) is 24.1 Å². The van der Waals surface area contributed by atoms with Gasteiger partial charge in [-0.2, -0.15) is 5.10 Å². The van der Waals surface area contributed by atoms with Crippen molar-refractivity contribution in [2.75, 3.05) is 5.32 Å². The lowest BCUT2D eigenvalue weighted by Gasteiger charge is -2.12. The molecule has 0 saturated carbocycles. The number of Topliss-reactive ketones (excluding diaryl/α,β-unsaturated/α-hetero) is 1. The average Bonchev–Trinajstić information content (AvgIpc) is 3.11. The fourth-order valence-electron chi connectivity index (χ4n) is 2.93. The van der Waals surface area contributed by atoms with E-state index in [9.17, 15) is 14.4 Å². The third-order valence-electron chi connectivity index (χ3n) is 4.35. The van der Waals surface area contributed by atoms with Gasteiger partial charge in [-0.1, -0.05) is 42.5 Å². The summed E-state index contributed by atoms with van der Waals surface area (Å²) in [6, 6.07) is 14.3. The van der Waals surface area contributed by atoms with E-state index in [1.165, 1.54) is 0 Å². The largest absolute Gasteiger partial charge is 0.481 e. The Balaban J connectivity index is 1.73. The topological polar surface area (TPSA) is 101 Å².